The van der Waals surface area contributed by atoms with Gasteiger partial charge in [0.05, 0.1) is 12.7 Å². The third kappa shape index (κ3) is 2.85. The Morgan fingerprint density at radius 2 is 2.10 bits per heavy atom. The second-order valence-electron chi connectivity index (χ2n) is 4.80. The molecule has 1 atom stereocenters. The fraction of sp³-hybridized carbons (Fsp3) is 0.467. The Morgan fingerprint density at radius 3 is 2.71 bits per heavy atom. The Labute approximate surface area is 123 Å². The minimum Gasteiger partial charge on any atom is -0.504 e. The summed E-state index contributed by atoms with van der Waals surface area (Å²) in [5, 5.41) is 14.1. The zero-order chi connectivity index (χ0) is 15.5. The maximum absolute atomic E-state index is 10.1. The minimum atomic E-state index is -0.606. The summed E-state index contributed by atoms with van der Waals surface area (Å²) in [4.78, 5) is 4.36. The van der Waals surface area contributed by atoms with E-state index >= 15 is 0 Å². The number of hydrogen-bond donors (Lipinski definition) is 1. The monoisotopic (exact) mass is 292 g/mol. The van der Waals surface area contributed by atoms with Crippen LogP contribution in [0, 0.1) is 0 Å². The molecule has 0 bridgehead atoms. The summed E-state index contributed by atoms with van der Waals surface area (Å²) < 4.78 is 16.1. The predicted octanol–water partition coefficient (Wildman–Crippen LogP) is 3.11. The van der Waals surface area contributed by atoms with Gasteiger partial charge in [-0.1, -0.05) is 18.1 Å². The van der Waals surface area contributed by atoms with Crippen molar-refractivity contribution in [1.29, 1.82) is 0 Å². The van der Waals surface area contributed by atoms with E-state index in [1.54, 1.807) is 18.2 Å². The first-order valence-electron chi connectivity index (χ1n) is 6.90. The van der Waals surface area contributed by atoms with Gasteiger partial charge in [-0.25, -0.2) is 0 Å². The van der Waals surface area contributed by atoms with Crippen molar-refractivity contribution in [3.8, 4) is 23.0 Å². The molecule has 2 aromatic rings. The molecule has 0 saturated carbocycles. The van der Waals surface area contributed by atoms with Crippen molar-refractivity contribution < 1.29 is 19.1 Å². The normalized spacial score (nSPS) is 13.9. The second-order valence-corrected chi connectivity index (χ2v) is 4.80. The lowest BCUT2D eigenvalue weighted by molar-refractivity contribution is -0.0403. The van der Waals surface area contributed by atoms with Crippen LogP contribution in [0.1, 0.15) is 33.0 Å². The van der Waals surface area contributed by atoms with Crippen LogP contribution in [0.15, 0.2) is 22.7 Å². The van der Waals surface area contributed by atoms with Gasteiger partial charge in [-0.3, -0.25) is 0 Å². The summed E-state index contributed by atoms with van der Waals surface area (Å²) in [5.41, 5.74) is -0.173. The molecule has 6 nitrogen and oxygen atoms in total. The number of hydrogen-bond acceptors (Lipinski definition) is 6. The van der Waals surface area contributed by atoms with Crippen LogP contribution in [-0.2, 0) is 10.3 Å². The lowest BCUT2D eigenvalue weighted by Crippen LogP contribution is -2.26. The van der Waals surface area contributed by atoms with Crippen LogP contribution in [0.4, 0.5) is 0 Å². The van der Waals surface area contributed by atoms with E-state index in [4.69, 9.17) is 14.0 Å². The fourth-order valence-electron chi connectivity index (χ4n) is 2.05. The number of phenolic OH excluding ortho intramolecular Hbond substituents is 1. The van der Waals surface area contributed by atoms with Crippen LogP contribution in [0.3, 0.4) is 0 Å². The first-order valence-corrected chi connectivity index (χ1v) is 6.90. The molecule has 2 rings (SSSR count). The Hall–Kier alpha value is -2.08. The largest absolute Gasteiger partial charge is 0.504 e. The Bertz CT molecular complexity index is 611. The van der Waals surface area contributed by atoms with Gasteiger partial charge in [0.15, 0.2) is 11.5 Å². The zero-order valence-electron chi connectivity index (χ0n) is 12.7. The van der Waals surface area contributed by atoms with Crippen molar-refractivity contribution in [3.05, 3.63) is 24.0 Å². The van der Waals surface area contributed by atoms with Crippen molar-refractivity contribution in [3.63, 3.8) is 0 Å². The number of nitrogens with zero attached hydrogens (tertiary/aromatic N) is 2. The highest BCUT2D eigenvalue weighted by atomic mass is 16.5. The maximum atomic E-state index is 10.1. The van der Waals surface area contributed by atoms with Crippen LogP contribution < -0.4 is 4.74 Å². The van der Waals surface area contributed by atoms with Crippen molar-refractivity contribution in [2.75, 3.05) is 13.7 Å². The Kier molecular flexibility index (Phi) is 4.47. The molecule has 0 aliphatic rings. The van der Waals surface area contributed by atoms with Gasteiger partial charge in [0, 0.05) is 6.61 Å². The minimum absolute atomic E-state index is 0.0233. The highest BCUT2D eigenvalue weighted by molar-refractivity contribution is 5.66. The molecule has 1 aromatic heterocycles. The van der Waals surface area contributed by atoms with Gasteiger partial charge in [0.25, 0.3) is 5.89 Å². The third-order valence-corrected chi connectivity index (χ3v) is 3.49. The van der Waals surface area contributed by atoms with E-state index < -0.39 is 5.60 Å². The van der Waals surface area contributed by atoms with Gasteiger partial charge in [0.1, 0.15) is 5.60 Å². The molecular formula is C15H20N2O4. The average molecular weight is 292 g/mol. The highest BCUT2D eigenvalue weighted by Gasteiger charge is 2.31. The molecule has 1 heterocycles. The van der Waals surface area contributed by atoms with Gasteiger partial charge >= 0.3 is 0 Å². The molecule has 0 amide bonds. The molecule has 1 N–H and O–H groups in total. The molecule has 1 aromatic carbocycles. The summed E-state index contributed by atoms with van der Waals surface area (Å²) in [6.07, 6.45) is 0.712. The molecule has 114 valence electrons. The molecular weight excluding hydrogens is 272 g/mol. The van der Waals surface area contributed by atoms with Gasteiger partial charge in [-0.15, -0.1) is 0 Å². The summed E-state index contributed by atoms with van der Waals surface area (Å²) in [5.74, 6) is 1.03. The first kappa shape index (κ1) is 15.3. The molecule has 6 heteroatoms. The Morgan fingerprint density at radius 1 is 1.33 bits per heavy atom. The van der Waals surface area contributed by atoms with Crippen LogP contribution in [0.25, 0.3) is 11.5 Å². The number of phenols is 1. The molecule has 0 radical (unpaired) electrons. The average Bonchev–Trinajstić information content (AvgIpc) is 2.98. The predicted molar refractivity (Wildman–Crippen MR) is 77.2 cm³/mol. The smallest absolute Gasteiger partial charge is 0.261 e. The summed E-state index contributed by atoms with van der Waals surface area (Å²) in [7, 11) is 1.49. The van der Waals surface area contributed by atoms with E-state index in [2.05, 4.69) is 10.1 Å². The molecule has 1 unspecified atom stereocenters. The van der Waals surface area contributed by atoms with Gasteiger partial charge in [-0.2, -0.15) is 4.98 Å². The van der Waals surface area contributed by atoms with Crippen LogP contribution in [0.5, 0.6) is 11.5 Å². The SMILES string of the molecule is CCOC(C)(CC)c1noc(-c2cccc(OC)c2O)n1. The molecule has 0 aliphatic heterocycles. The highest BCUT2D eigenvalue weighted by Crippen LogP contribution is 2.37. The number of methoxy groups -OCH3 is 1. The molecule has 0 fully saturated rings. The standard InChI is InChI=1S/C15H20N2O4/c1-5-15(3,20-6-2)14-16-13(21-17-14)10-8-7-9-11(19-4)12(10)18/h7-9,18H,5-6H2,1-4H3. The van der Waals surface area contributed by atoms with Gasteiger partial charge in [-0.05, 0) is 32.4 Å². The third-order valence-electron chi connectivity index (χ3n) is 3.49. The number of ether oxygens (including phenoxy) is 2. The van der Waals surface area contributed by atoms with E-state index in [1.165, 1.54) is 7.11 Å². The van der Waals surface area contributed by atoms with Crippen molar-refractivity contribution in [2.24, 2.45) is 0 Å². The van der Waals surface area contributed by atoms with Crippen molar-refractivity contribution in [1.82, 2.24) is 10.1 Å². The van der Waals surface area contributed by atoms with Gasteiger partial charge < -0.3 is 19.1 Å². The van der Waals surface area contributed by atoms with Crippen LogP contribution in [0.2, 0.25) is 0 Å². The summed E-state index contributed by atoms with van der Waals surface area (Å²) >= 11 is 0. The fourth-order valence-corrected chi connectivity index (χ4v) is 2.05. The number of aromatic nitrogens is 2. The van der Waals surface area contributed by atoms with Gasteiger partial charge in [0.2, 0.25) is 5.82 Å². The lowest BCUT2D eigenvalue weighted by atomic mass is 10.0. The number of para-hydroxylation sites is 1. The van der Waals surface area contributed by atoms with E-state index in [1.807, 2.05) is 20.8 Å². The zero-order valence-corrected chi connectivity index (χ0v) is 12.7. The first-order chi connectivity index (χ1) is 10.1. The maximum Gasteiger partial charge on any atom is 0.261 e. The quantitative estimate of drug-likeness (QED) is 0.881. The number of benzene rings is 1. The topological polar surface area (TPSA) is 77.6 Å². The lowest BCUT2D eigenvalue weighted by Gasteiger charge is -2.23. The van der Waals surface area contributed by atoms with E-state index in [-0.39, 0.29) is 11.6 Å². The summed E-state index contributed by atoms with van der Waals surface area (Å²) in [6, 6.07) is 5.10. The van der Waals surface area contributed by atoms with Crippen molar-refractivity contribution in [2.45, 2.75) is 32.8 Å². The second kappa shape index (κ2) is 6.13. The van der Waals surface area contributed by atoms with E-state index in [0.717, 1.165) is 0 Å². The Balaban J connectivity index is 2.40. The number of rotatable bonds is 6. The molecule has 0 spiro atoms. The van der Waals surface area contributed by atoms with Crippen LogP contribution in [-0.4, -0.2) is 29.0 Å². The van der Waals surface area contributed by atoms with Crippen molar-refractivity contribution >= 4 is 0 Å². The molecule has 0 aliphatic carbocycles. The summed E-state index contributed by atoms with van der Waals surface area (Å²) in [6.45, 7) is 6.38. The molecule has 21 heavy (non-hydrogen) atoms. The van der Waals surface area contributed by atoms with Crippen LogP contribution >= 0.6 is 0 Å². The number of aromatic hydroxyl groups is 1. The van der Waals surface area contributed by atoms with E-state index in [0.29, 0.717) is 30.2 Å². The molecule has 0 saturated heterocycles. The van der Waals surface area contributed by atoms with E-state index in [9.17, 15) is 5.11 Å².